The van der Waals surface area contributed by atoms with Crippen molar-refractivity contribution in [1.82, 2.24) is 4.57 Å². The molecule has 14 aromatic carbocycles. The smallest absolute Gasteiger partial charge is 0.0726 e. The molecule has 0 N–H and O–H groups in total. The molecule has 0 fully saturated rings. The largest absolute Gasteiger partial charge is 0.310 e. The van der Waals surface area contributed by atoms with E-state index in [9.17, 15) is 0 Å². The van der Waals surface area contributed by atoms with Crippen LogP contribution in [0.25, 0.3) is 116 Å². The monoisotopic (exact) mass is 1080 g/mol. The lowest BCUT2D eigenvalue weighted by molar-refractivity contribution is 0.793. The maximum atomic E-state index is 2.48. The third kappa shape index (κ3) is 7.80. The summed E-state index contributed by atoms with van der Waals surface area (Å²) >= 11 is 0. The molecule has 0 amide bonds. The first-order valence-electron chi connectivity index (χ1n) is 29.5. The SMILES string of the molecule is c1ccc(-c2cccc(-c3cc(-c4ccc5ccccc5c4)cc(-n4c5ccccc5c5cc(-c6ccc(-c7cccc(N(c8ccccc8)c8ccc9c(c8)C8(c%10ccccc%10-c%10ccccc%108)c8ccccc8-9)c7)cc6)ccc54)c3)c2)cc1. The quantitative estimate of drug-likeness (QED) is 0.140. The van der Waals surface area contributed by atoms with E-state index in [-0.39, 0.29) is 0 Å². The fourth-order valence-corrected chi connectivity index (χ4v) is 14.3. The van der Waals surface area contributed by atoms with Crippen LogP contribution in [0.4, 0.5) is 17.1 Å². The Hall–Kier alpha value is -11.1. The molecule has 2 heteroatoms. The van der Waals surface area contributed by atoms with Crippen LogP contribution in [-0.2, 0) is 5.41 Å². The Bertz CT molecular complexity index is 5060. The average molecular weight is 1080 g/mol. The normalized spacial score (nSPS) is 12.6. The van der Waals surface area contributed by atoms with Crippen molar-refractivity contribution >= 4 is 49.6 Å². The molecule has 1 spiro atoms. The van der Waals surface area contributed by atoms with Gasteiger partial charge in [0.25, 0.3) is 0 Å². The minimum Gasteiger partial charge on any atom is -0.310 e. The van der Waals surface area contributed by atoms with E-state index in [2.05, 4.69) is 337 Å². The number of aromatic nitrogens is 1. The van der Waals surface area contributed by atoms with Crippen molar-refractivity contribution in [3.63, 3.8) is 0 Å². The van der Waals surface area contributed by atoms with Crippen molar-refractivity contribution in [2.24, 2.45) is 0 Å². The van der Waals surface area contributed by atoms with Gasteiger partial charge in [-0.15, -0.1) is 0 Å². The fourth-order valence-electron chi connectivity index (χ4n) is 14.3. The van der Waals surface area contributed by atoms with Crippen LogP contribution in [0.2, 0.25) is 0 Å². The summed E-state index contributed by atoms with van der Waals surface area (Å²) in [5.41, 5.74) is 28.7. The Labute approximate surface area is 495 Å². The highest BCUT2D eigenvalue weighted by Gasteiger charge is 2.51. The van der Waals surface area contributed by atoms with Crippen molar-refractivity contribution in [2.45, 2.75) is 5.41 Å². The number of para-hydroxylation sites is 2. The number of nitrogens with zero attached hydrogens (tertiary/aromatic N) is 2. The van der Waals surface area contributed by atoms with Gasteiger partial charge in [-0.05, 0) is 196 Å². The van der Waals surface area contributed by atoms with Crippen LogP contribution in [0.1, 0.15) is 22.3 Å². The summed E-state index contributed by atoms with van der Waals surface area (Å²) in [7, 11) is 0. The van der Waals surface area contributed by atoms with Gasteiger partial charge < -0.3 is 9.47 Å². The predicted molar refractivity (Wildman–Crippen MR) is 356 cm³/mol. The first-order chi connectivity index (χ1) is 42.1. The van der Waals surface area contributed by atoms with Crippen LogP contribution in [0.5, 0.6) is 0 Å². The lowest BCUT2D eigenvalue weighted by Gasteiger charge is -2.32. The Kier molecular flexibility index (Phi) is 11.2. The van der Waals surface area contributed by atoms with Gasteiger partial charge >= 0.3 is 0 Å². The molecule has 2 aliphatic rings. The molecule has 2 nitrogen and oxygen atoms in total. The minimum absolute atomic E-state index is 0.436. The van der Waals surface area contributed by atoms with Gasteiger partial charge in [0, 0.05) is 33.5 Å². The molecule has 2 aliphatic carbocycles. The number of benzene rings is 14. The topological polar surface area (TPSA) is 8.17 Å². The van der Waals surface area contributed by atoms with Crippen molar-refractivity contribution in [1.29, 1.82) is 0 Å². The summed E-state index contributed by atoms with van der Waals surface area (Å²) < 4.78 is 2.46. The molecular formula is C83H54N2. The number of rotatable bonds is 9. The Morgan fingerprint density at radius 2 is 0.671 bits per heavy atom. The Balaban J connectivity index is 0.742. The molecule has 1 aromatic heterocycles. The van der Waals surface area contributed by atoms with Gasteiger partial charge in [0.15, 0.2) is 0 Å². The molecule has 85 heavy (non-hydrogen) atoms. The molecule has 0 saturated heterocycles. The molecule has 1 heterocycles. The van der Waals surface area contributed by atoms with Gasteiger partial charge in [-0.3, -0.25) is 0 Å². The van der Waals surface area contributed by atoms with Crippen LogP contribution in [0, 0.1) is 0 Å². The zero-order valence-corrected chi connectivity index (χ0v) is 46.6. The maximum Gasteiger partial charge on any atom is 0.0726 e. The number of hydrogen-bond donors (Lipinski definition) is 0. The van der Waals surface area contributed by atoms with E-state index < -0.39 is 5.41 Å². The van der Waals surface area contributed by atoms with Gasteiger partial charge in [0.05, 0.1) is 16.4 Å². The molecule has 0 unspecified atom stereocenters. The van der Waals surface area contributed by atoms with Crippen LogP contribution >= 0.6 is 0 Å². The van der Waals surface area contributed by atoms with E-state index in [1.807, 2.05) is 0 Å². The molecular weight excluding hydrogens is 1020 g/mol. The second-order valence-electron chi connectivity index (χ2n) is 22.8. The highest BCUT2D eigenvalue weighted by atomic mass is 15.1. The van der Waals surface area contributed by atoms with Crippen LogP contribution in [0.15, 0.2) is 328 Å². The molecule has 0 atom stereocenters. The minimum atomic E-state index is -0.436. The molecule has 0 radical (unpaired) electrons. The van der Waals surface area contributed by atoms with Gasteiger partial charge in [-0.1, -0.05) is 243 Å². The van der Waals surface area contributed by atoms with E-state index in [1.54, 1.807) is 0 Å². The molecule has 15 aromatic rings. The molecule has 0 aliphatic heterocycles. The first-order valence-corrected chi connectivity index (χ1v) is 29.5. The maximum absolute atomic E-state index is 2.48. The second kappa shape index (κ2) is 19.6. The number of fused-ring (bicyclic) bond motifs is 14. The lowest BCUT2D eigenvalue weighted by Crippen LogP contribution is -2.26. The van der Waals surface area contributed by atoms with Gasteiger partial charge in [0.2, 0.25) is 0 Å². The van der Waals surface area contributed by atoms with Gasteiger partial charge in [-0.25, -0.2) is 0 Å². The number of hydrogen-bond acceptors (Lipinski definition) is 1. The van der Waals surface area contributed by atoms with E-state index in [0.717, 1.165) is 33.9 Å². The Morgan fingerprint density at radius 1 is 0.224 bits per heavy atom. The van der Waals surface area contributed by atoms with Crippen LogP contribution in [-0.4, -0.2) is 4.57 Å². The average Bonchev–Trinajstić information content (AvgIpc) is 2.10. The van der Waals surface area contributed by atoms with E-state index in [1.165, 1.54) is 122 Å². The summed E-state index contributed by atoms with van der Waals surface area (Å²) in [5.74, 6) is 0. The summed E-state index contributed by atoms with van der Waals surface area (Å²) in [6, 6.07) is 121. The number of anilines is 3. The summed E-state index contributed by atoms with van der Waals surface area (Å²) in [6.07, 6.45) is 0. The zero-order chi connectivity index (χ0) is 56.0. The molecule has 0 bridgehead atoms. The lowest BCUT2D eigenvalue weighted by atomic mass is 9.70. The van der Waals surface area contributed by atoms with Crippen LogP contribution in [0.3, 0.4) is 0 Å². The highest BCUT2D eigenvalue weighted by Crippen LogP contribution is 2.63. The third-order valence-corrected chi connectivity index (χ3v) is 18.1. The van der Waals surface area contributed by atoms with Crippen molar-refractivity contribution in [3.8, 4) is 83.6 Å². The van der Waals surface area contributed by atoms with Gasteiger partial charge in [-0.2, -0.15) is 0 Å². The van der Waals surface area contributed by atoms with Crippen molar-refractivity contribution in [3.05, 3.63) is 350 Å². The van der Waals surface area contributed by atoms with Crippen molar-refractivity contribution in [2.75, 3.05) is 4.90 Å². The summed E-state index contributed by atoms with van der Waals surface area (Å²) in [4.78, 5) is 2.43. The molecule has 0 saturated carbocycles. The van der Waals surface area contributed by atoms with E-state index >= 15 is 0 Å². The predicted octanol–water partition coefficient (Wildman–Crippen LogP) is 22.1. The molecule has 17 rings (SSSR count). The van der Waals surface area contributed by atoms with E-state index in [4.69, 9.17) is 0 Å². The second-order valence-corrected chi connectivity index (χ2v) is 22.8. The van der Waals surface area contributed by atoms with Gasteiger partial charge in [0.1, 0.15) is 0 Å². The first kappa shape index (κ1) is 48.6. The Morgan fingerprint density at radius 3 is 1.36 bits per heavy atom. The summed E-state index contributed by atoms with van der Waals surface area (Å²) in [6.45, 7) is 0. The van der Waals surface area contributed by atoms with E-state index in [0.29, 0.717) is 0 Å². The molecule has 396 valence electrons. The zero-order valence-electron chi connectivity index (χ0n) is 46.6. The summed E-state index contributed by atoms with van der Waals surface area (Å²) in [5, 5.41) is 4.91. The van der Waals surface area contributed by atoms with Crippen LogP contribution < -0.4 is 4.90 Å². The third-order valence-electron chi connectivity index (χ3n) is 18.1. The standard InChI is InChI=1S/C83H54N2/c1-3-19-55(20-4-1)60-23-17-24-61(47-60)65-49-66(63-42-41-56-21-7-8-22-59(56)48-63)52-70(51-65)85-81-36-16-12-32-75(81)76-53-64(43-46-82(76)85)58-39-37-57(38-40-58)62-25-18-28-68(50-62)84(67-26-5-2-6-27-67)69-44-45-74-73-31-11-15-35-79(73)83(80(74)54-69)77-33-13-9-29-71(77)72-30-10-14-34-78(72)83/h1-54H. The van der Waals surface area contributed by atoms with Crippen molar-refractivity contribution < 1.29 is 0 Å². The fraction of sp³-hybridized carbons (Fsp3) is 0.0120. The highest BCUT2D eigenvalue weighted by molar-refractivity contribution is 6.11.